The number of aliphatic carboxylic acids is 1. The zero-order valence-electron chi connectivity index (χ0n) is 44.5. The Morgan fingerprint density at radius 1 is 0.600 bits per heavy atom. The molecule has 0 radical (unpaired) electrons. The van der Waals surface area contributed by atoms with Crippen LogP contribution in [0.5, 0.6) is 0 Å². The van der Waals surface area contributed by atoms with Crippen molar-refractivity contribution < 1.29 is 109 Å². The predicted octanol–water partition coefficient (Wildman–Crippen LogP) is -0.278. The summed E-state index contributed by atoms with van der Waals surface area (Å²) in [6.45, 7) is 17.7. The number of ether oxygens (including phenoxy) is 8. The van der Waals surface area contributed by atoms with Crippen LogP contribution in [0.4, 0.5) is 0 Å². The standard InChI is InChI=1S/C53H84O22/c1-21-30(56)32(58)36(62)43(69-21)72-39-25(54)20-68-46(41(39)74-44-37(63)33(59)31(57)22(2)70-44)75-47(67)53-17-16-48(3,4)18-24(53)23-10-11-27-50(7)14-13-29(71-45-38(64)34(60)35(61)40(73-45)42(65)66)49(5,6)26(50)12-15-51(27,8)52(23,9)19-28(53)55/h10,21-22,24-41,43-46,54-64H,11-20H2,1-9H3,(H,65,66). The minimum Gasteiger partial charge on any atom is -0.479 e. The summed E-state index contributed by atoms with van der Waals surface area (Å²) < 4.78 is 48.3. The lowest BCUT2D eigenvalue weighted by molar-refractivity contribution is -0.376. The molecule has 12 N–H and O–H groups in total. The van der Waals surface area contributed by atoms with Gasteiger partial charge in [-0.05, 0) is 116 Å². The molecule has 0 aromatic heterocycles. The predicted molar refractivity (Wildman–Crippen MR) is 256 cm³/mol. The molecule has 0 bridgehead atoms. The van der Waals surface area contributed by atoms with E-state index in [2.05, 4.69) is 54.5 Å². The van der Waals surface area contributed by atoms with Gasteiger partial charge in [0, 0.05) is 0 Å². The Bertz CT molecular complexity index is 2140. The summed E-state index contributed by atoms with van der Waals surface area (Å²) in [5, 5.41) is 130. The van der Waals surface area contributed by atoms with Crippen LogP contribution in [0.15, 0.2) is 11.6 Å². The summed E-state index contributed by atoms with van der Waals surface area (Å²) in [7, 11) is 0. The highest BCUT2D eigenvalue weighted by atomic mass is 16.8. The van der Waals surface area contributed by atoms with Crippen molar-refractivity contribution in [3.05, 3.63) is 11.6 Å². The molecule has 0 spiro atoms. The number of fused-ring (bicyclic) bond motifs is 7. The van der Waals surface area contributed by atoms with Crippen molar-refractivity contribution >= 4 is 11.9 Å². The number of carboxylic acid groups (broad SMARTS) is 1. The normalized spacial score (nSPS) is 54.5. The highest BCUT2D eigenvalue weighted by Crippen LogP contribution is 2.76. The molecule has 28 unspecified atom stereocenters. The van der Waals surface area contributed by atoms with E-state index < -0.39 is 175 Å². The lowest BCUT2D eigenvalue weighted by Crippen LogP contribution is -2.68. The number of rotatable bonds is 9. The molecule has 4 aliphatic heterocycles. The molecule has 28 atom stereocenters. The summed E-state index contributed by atoms with van der Waals surface area (Å²) in [5.41, 5.74) is -2.52. The molecule has 4 heterocycles. The van der Waals surface area contributed by atoms with Gasteiger partial charge in [-0.25, -0.2) is 4.79 Å². The number of carbonyl (C=O) groups excluding carboxylic acids is 1. The van der Waals surface area contributed by atoms with E-state index in [9.17, 15) is 66.1 Å². The van der Waals surface area contributed by atoms with Crippen molar-refractivity contribution in [3.63, 3.8) is 0 Å². The maximum atomic E-state index is 15.6. The minimum atomic E-state index is -1.86. The summed E-state index contributed by atoms with van der Waals surface area (Å²) >= 11 is 0. The van der Waals surface area contributed by atoms with Crippen molar-refractivity contribution in [2.45, 2.75) is 249 Å². The fraction of sp³-hybridized carbons (Fsp3) is 0.925. The molecule has 4 saturated carbocycles. The van der Waals surface area contributed by atoms with Crippen LogP contribution in [0.2, 0.25) is 0 Å². The molecule has 22 nitrogen and oxygen atoms in total. The number of hydrogen-bond donors (Lipinski definition) is 12. The molecular formula is C53H84O22. The SMILES string of the molecule is CC1OC(OC2C(O)COC(OC(=O)C34CCC(C)(C)CC3C3=CCC5C6(C)CCC(OC7OC(C(=O)O)C(O)C(O)C7O)C(C)(C)C6CCC5(C)C3(C)CC4O)C2OC2OC(C)C(O)C(O)C2O)C(O)C(O)C1O. The second-order valence-corrected chi connectivity index (χ2v) is 25.9. The maximum Gasteiger partial charge on any atom is 0.335 e. The van der Waals surface area contributed by atoms with Gasteiger partial charge in [-0.3, -0.25) is 4.79 Å². The minimum absolute atomic E-state index is 0.0738. The lowest BCUT2D eigenvalue weighted by Gasteiger charge is -2.71. The third-order valence-corrected chi connectivity index (χ3v) is 20.9. The third kappa shape index (κ3) is 9.17. The maximum absolute atomic E-state index is 15.6. The number of aliphatic hydroxyl groups excluding tert-OH is 11. The van der Waals surface area contributed by atoms with Gasteiger partial charge < -0.3 is 99.2 Å². The van der Waals surface area contributed by atoms with Crippen LogP contribution in [0.25, 0.3) is 0 Å². The van der Waals surface area contributed by atoms with Crippen LogP contribution in [-0.4, -0.2) is 209 Å². The Kier molecular flexibility index (Phi) is 15.5. The monoisotopic (exact) mass is 1070 g/mol. The molecule has 22 heteroatoms. The first-order valence-electron chi connectivity index (χ1n) is 27.0. The van der Waals surface area contributed by atoms with Gasteiger partial charge >= 0.3 is 11.9 Å². The largest absolute Gasteiger partial charge is 0.479 e. The van der Waals surface area contributed by atoms with Gasteiger partial charge in [0.2, 0.25) is 6.29 Å². The quantitative estimate of drug-likeness (QED) is 0.0803. The Labute approximate surface area is 437 Å². The van der Waals surface area contributed by atoms with Crippen LogP contribution in [0.3, 0.4) is 0 Å². The molecule has 0 amide bonds. The van der Waals surface area contributed by atoms with E-state index in [0.717, 1.165) is 18.4 Å². The van der Waals surface area contributed by atoms with E-state index in [1.54, 1.807) is 0 Å². The molecule has 4 saturated heterocycles. The summed E-state index contributed by atoms with van der Waals surface area (Å²) in [6, 6.07) is 0. The average Bonchev–Trinajstić information content (AvgIpc) is 3.36. The third-order valence-electron chi connectivity index (χ3n) is 20.9. The van der Waals surface area contributed by atoms with E-state index in [1.807, 2.05) is 0 Å². The molecule has 5 aliphatic carbocycles. The first-order valence-corrected chi connectivity index (χ1v) is 27.0. The smallest absolute Gasteiger partial charge is 0.335 e. The second-order valence-electron chi connectivity index (χ2n) is 25.9. The van der Waals surface area contributed by atoms with Crippen LogP contribution in [0.1, 0.15) is 120 Å². The number of carbonyl (C=O) groups is 2. The molecule has 0 aromatic carbocycles. The first kappa shape index (κ1) is 57.6. The van der Waals surface area contributed by atoms with Gasteiger partial charge in [0.1, 0.15) is 72.6 Å². The van der Waals surface area contributed by atoms with Gasteiger partial charge in [0.15, 0.2) is 31.1 Å². The lowest BCUT2D eigenvalue weighted by atomic mass is 9.33. The van der Waals surface area contributed by atoms with Crippen molar-refractivity contribution in [2.24, 2.45) is 50.2 Å². The summed E-state index contributed by atoms with van der Waals surface area (Å²) in [6.07, 6.45) is -25.3. The van der Waals surface area contributed by atoms with E-state index >= 15 is 4.79 Å². The Hall–Kier alpha value is -2.04. The Morgan fingerprint density at radius 3 is 1.75 bits per heavy atom. The molecule has 75 heavy (non-hydrogen) atoms. The van der Waals surface area contributed by atoms with Gasteiger partial charge in [-0.1, -0.05) is 60.1 Å². The van der Waals surface area contributed by atoms with Crippen molar-refractivity contribution in [1.29, 1.82) is 0 Å². The summed E-state index contributed by atoms with van der Waals surface area (Å²) in [4.78, 5) is 27.5. The first-order chi connectivity index (χ1) is 34.9. The highest BCUT2D eigenvalue weighted by molar-refractivity contribution is 5.80. The molecule has 9 aliphatic rings. The van der Waals surface area contributed by atoms with E-state index in [-0.39, 0.29) is 35.5 Å². The molecule has 9 rings (SSSR count). The van der Waals surface area contributed by atoms with Gasteiger partial charge in [0.25, 0.3) is 0 Å². The van der Waals surface area contributed by atoms with Crippen molar-refractivity contribution in [2.75, 3.05) is 6.61 Å². The molecule has 0 aromatic rings. The summed E-state index contributed by atoms with van der Waals surface area (Å²) in [5.74, 6) is -2.63. The number of carboxylic acids is 1. The zero-order chi connectivity index (χ0) is 55.0. The zero-order valence-corrected chi connectivity index (χ0v) is 44.5. The van der Waals surface area contributed by atoms with Gasteiger partial charge in [-0.15, -0.1) is 0 Å². The topological polar surface area (TPSA) is 351 Å². The van der Waals surface area contributed by atoms with E-state index in [1.165, 1.54) is 13.8 Å². The van der Waals surface area contributed by atoms with E-state index in [4.69, 9.17) is 37.9 Å². The van der Waals surface area contributed by atoms with Crippen LogP contribution < -0.4 is 0 Å². The highest BCUT2D eigenvalue weighted by Gasteiger charge is 2.72. The number of hydrogen-bond acceptors (Lipinski definition) is 21. The van der Waals surface area contributed by atoms with Crippen LogP contribution in [-0.2, 0) is 47.5 Å². The van der Waals surface area contributed by atoms with E-state index in [0.29, 0.717) is 32.1 Å². The Morgan fingerprint density at radius 2 is 1.16 bits per heavy atom. The number of aliphatic hydroxyl groups is 11. The number of allylic oxidation sites excluding steroid dienone is 2. The van der Waals surface area contributed by atoms with Gasteiger partial charge in [-0.2, -0.15) is 0 Å². The fourth-order valence-corrected chi connectivity index (χ4v) is 16.2. The van der Waals surface area contributed by atoms with Crippen molar-refractivity contribution in [3.8, 4) is 0 Å². The molecule has 8 fully saturated rings. The van der Waals surface area contributed by atoms with Crippen molar-refractivity contribution in [1.82, 2.24) is 0 Å². The van der Waals surface area contributed by atoms with Crippen LogP contribution in [0, 0.1) is 50.2 Å². The molecular weight excluding hydrogens is 989 g/mol. The fourth-order valence-electron chi connectivity index (χ4n) is 16.2. The Balaban J connectivity index is 1.01. The van der Waals surface area contributed by atoms with Crippen LogP contribution >= 0.6 is 0 Å². The average molecular weight is 1070 g/mol. The molecule has 428 valence electrons. The second kappa shape index (κ2) is 20.2. The van der Waals surface area contributed by atoms with Gasteiger partial charge in [0.05, 0.1) is 31.0 Å². The number of esters is 1.